The summed E-state index contributed by atoms with van der Waals surface area (Å²) in [4.78, 5) is 0. The summed E-state index contributed by atoms with van der Waals surface area (Å²) in [6, 6.07) is 14.0. The molecular formula is C19H34BSi. The van der Waals surface area contributed by atoms with E-state index in [0.29, 0.717) is 0 Å². The highest BCUT2D eigenvalue weighted by Gasteiger charge is 2.26. The molecule has 1 aromatic carbocycles. The van der Waals surface area contributed by atoms with Gasteiger partial charge in [0.05, 0.1) is 0 Å². The summed E-state index contributed by atoms with van der Waals surface area (Å²) < 4.78 is 0. The molecule has 0 unspecified atom stereocenters. The maximum Gasteiger partial charge on any atom is 0.144 e. The summed E-state index contributed by atoms with van der Waals surface area (Å²) in [6.07, 6.45) is 11.2. The third-order valence-electron chi connectivity index (χ3n) is 4.52. The summed E-state index contributed by atoms with van der Waals surface area (Å²) in [5, 5.41) is 0. The van der Waals surface area contributed by atoms with Gasteiger partial charge in [0.25, 0.3) is 0 Å². The van der Waals surface area contributed by atoms with Crippen molar-refractivity contribution >= 4 is 20.3 Å². The van der Waals surface area contributed by atoms with Gasteiger partial charge in [0, 0.05) is 7.94 Å². The predicted molar refractivity (Wildman–Crippen MR) is 101 cm³/mol. The molecular weight excluding hydrogens is 267 g/mol. The zero-order chi connectivity index (χ0) is 15.4. The third kappa shape index (κ3) is 8.51. The van der Waals surface area contributed by atoms with E-state index < -0.39 is 7.94 Å². The average molecular weight is 301 g/mol. The molecule has 0 atom stereocenters. The van der Waals surface area contributed by atoms with Crippen LogP contribution in [0.2, 0.25) is 18.6 Å². The van der Waals surface area contributed by atoms with Crippen LogP contribution in [0, 0.1) is 0 Å². The molecule has 0 aliphatic heterocycles. The topological polar surface area (TPSA) is 0 Å². The summed E-state index contributed by atoms with van der Waals surface area (Å²) in [7, 11) is -1.22. The molecule has 2 heteroatoms. The Morgan fingerprint density at radius 1 is 0.762 bits per heavy atom. The van der Waals surface area contributed by atoms with Gasteiger partial charge in [-0.1, -0.05) is 120 Å². The van der Waals surface area contributed by atoms with E-state index in [-0.39, 0.29) is 0 Å². The van der Waals surface area contributed by atoms with Crippen molar-refractivity contribution in [2.75, 3.05) is 0 Å². The van der Waals surface area contributed by atoms with Crippen molar-refractivity contribution < 1.29 is 0 Å². The van der Waals surface area contributed by atoms with Gasteiger partial charge in [-0.3, -0.25) is 0 Å². The molecule has 117 valence electrons. The number of hydrogen-bond donors (Lipinski definition) is 0. The molecule has 21 heavy (non-hydrogen) atoms. The fourth-order valence-corrected chi connectivity index (χ4v) is 6.78. The van der Waals surface area contributed by atoms with Crippen LogP contribution in [0.25, 0.3) is 0 Å². The van der Waals surface area contributed by atoms with Gasteiger partial charge in [0.15, 0.2) is 0 Å². The SMILES string of the molecule is CCCCCC[Si](C)([B]c1ccccc1)CCCCCC. The summed E-state index contributed by atoms with van der Waals surface area (Å²) in [6.45, 7) is 9.89. The quantitative estimate of drug-likeness (QED) is 0.340. The molecule has 0 nitrogen and oxygen atoms in total. The Bertz CT molecular complexity index is 338. The molecule has 0 fully saturated rings. The highest BCUT2D eigenvalue weighted by molar-refractivity contribution is 7.28. The Morgan fingerprint density at radius 2 is 1.29 bits per heavy atom. The van der Waals surface area contributed by atoms with E-state index in [4.69, 9.17) is 0 Å². The first kappa shape index (κ1) is 18.6. The summed E-state index contributed by atoms with van der Waals surface area (Å²) in [5.74, 6) is 0. The second kappa shape index (κ2) is 11.1. The molecule has 0 saturated carbocycles. The Labute approximate surface area is 134 Å². The van der Waals surface area contributed by atoms with E-state index in [0.717, 1.165) is 0 Å². The molecule has 0 heterocycles. The van der Waals surface area contributed by atoms with Gasteiger partial charge in [0.2, 0.25) is 0 Å². The Hall–Kier alpha value is -0.498. The second-order valence-electron chi connectivity index (χ2n) is 6.83. The average Bonchev–Trinajstić information content (AvgIpc) is 2.49. The van der Waals surface area contributed by atoms with Gasteiger partial charge in [-0.05, 0) is 0 Å². The monoisotopic (exact) mass is 301 g/mol. The van der Waals surface area contributed by atoms with E-state index in [2.05, 4.69) is 57.6 Å². The minimum atomic E-state index is -1.22. The van der Waals surface area contributed by atoms with Crippen LogP contribution < -0.4 is 5.46 Å². The Kier molecular flexibility index (Phi) is 9.82. The maximum atomic E-state index is 2.67. The highest BCUT2D eigenvalue weighted by atomic mass is 28.3. The molecule has 0 bridgehead atoms. The van der Waals surface area contributed by atoms with Crippen LogP contribution in [-0.2, 0) is 0 Å². The molecule has 1 aromatic rings. The van der Waals surface area contributed by atoms with E-state index in [1.807, 2.05) is 0 Å². The van der Waals surface area contributed by atoms with Gasteiger partial charge in [-0.15, -0.1) is 0 Å². The van der Waals surface area contributed by atoms with E-state index in [9.17, 15) is 0 Å². The number of unbranched alkanes of at least 4 members (excludes halogenated alkanes) is 6. The van der Waals surface area contributed by atoms with Crippen molar-refractivity contribution in [2.45, 2.75) is 83.8 Å². The fraction of sp³-hybridized carbons (Fsp3) is 0.684. The molecule has 0 amide bonds. The van der Waals surface area contributed by atoms with Crippen molar-refractivity contribution in [1.82, 2.24) is 0 Å². The minimum Gasteiger partial charge on any atom is -0.0907 e. The first-order chi connectivity index (χ1) is 10.2. The number of rotatable bonds is 12. The van der Waals surface area contributed by atoms with Crippen LogP contribution in [0.1, 0.15) is 65.2 Å². The Balaban J connectivity index is 2.50. The van der Waals surface area contributed by atoms with E-state index >= 15 is 0 Å². The van der Waals surface area contributed by atoms with Crippen molar-refractivity contribution in [1.29, 1.82) is 0 Å². The lowest BCUT2D eigenvalue weighted by atomic mass is 9.94. The van der Waals surface area contributed by atoms with Crippen molar-refractivity contribution in [3.05, 3.63) is 30.3 Å². The van der Waals surface area contributed by atoms with Crippen LogP contribution in [-0.4, -0.2) is 14.8 Å². The predicted octanol–water partition coefficient (Wildman–Crippen LogP) is 5.75. The first-order valence-electron chi connectivity index (χ1n) is 9.11. The minimum absolute atomic E-state index is 1.22. The lowest BCUT2D eigenvalue weighted by molar-refractivity contribution is 0.684. The van der Waals surface area contributed by atoms with Crippen LogP contribution in [0.5, 0.6) is 0 Å². The van der Waals surface area contributed by atoms with Crippen molar-refractivity contribution in [3.8, 4) is 0 Å². The lowest BCUT2D eigenvalue weighted by Crippen LogP contribution is -2.44. The Morgan fingerprint density at radius 3 is 1.76 bits per heavy atom. The van der Waals surface area contributed by atoms with Crippen LogP contribution in [0.15, 0.2) is 30.3 Å². The highest BCUT2D eigenvalue weighted by Crippen LogP contribution is 2.22. The van der Waals surface area contributed by atoms with Crippen LogP contribution in [0.4, 0.5) is 0 Å². The fourth-order valence-electron chi connectivity index (χ4n) is 3.13. The molecule has 0 aliphatic carbocycles. The van der Waals surface area contributed by atoms with Crippen molar-refractivity contribution in [3.63, 3.8) is 0 Å². The molecule has 1 rings (SSSR count). The van der Waals surface area contributed by atoms with Gasteiger partial charge < -0.3 is 0 Å². The molecule has 1 radical (unpaired) electrons. The van der Waals surface area contributed by atoms with Crippen molar-refractivity contribution in [2.24, 2.45) is 0 Å². The van der Waals surface area contributed by atoms with Crippen LogP contribution in [0.3, 0.4) is 0 Å². The normalized spacial score (nSPS) is 11.6. The second-order valence-corrected chi connectivity index (χ2v) is 11.4. The largest absolute Gasteiger partial charge is 0.144 e. The smallest absolute Gasteiger partial charge is 0.0907 e. The maximum absolute atomic E-state index is 2.67. The molecule has 0 spiro atoms. The summed E-state index contributed by atoms with van der Waals surface area (Å²) in [5.41, 5.74) is 1.46. The third-order valence-corrected chi connectivity index (χ3v) is 8.54. The van der Waals surface area contributed by atoms with E-state index in [1.165, 1.54) is 68.9 Å². The zero-order valence-corrected chi connectivity index (χ0v) is 15.5. The van der Waals surface area contributed by atoms with E-state index in [1.54, 1.807) is 0 Å². The molecule has 0 saturated heterocycles. The van der Waals surface area contributed by atoms with Gasteiger partial charge in [0.1, 0.15) is 6.87 Å². The van der Waals surface area contributed by atoms with Gasteiger partial charge in [-0.2, -0.15) is 0 Å². The van der Waals surface area contributed by atoms with Gasteiger partial charge >= 0.3 is 0 Å². The van der Waals surface area contributed by atoms with Crippen LogP contribution >= 0.6 is 0 Å². The molecule has 0 aromatic heterocycles. The zero-order valence-electron chi connectivity index (χ0n) is 14.5. The number of hydrogen-bond acceptors (Lipinski definition) is 0. The molecule has 0 N–H and O–H groups in total. The standard InChI is InChI=1S/C19H34BSi/c1-4-6-8-13-17-21(3,18-14-9-7-5-2)20-19-15-11-10-12-16-19/h10-12,15-16H,4-9,13-14,17-18H2,1-3H3. The first-order valence-corrected chi connectivity index (χ1v) is 12.1. The molecule has 0 aliphatic rings. The number of benzene rings is 1. The van der Waals surface area contributed by atoms with Gasteiger partial charge in [-0.25, -0.2) is 0 Å². The lowest BCUT2D eigenvalue weighted by Gasteiger charge is -2.27. The summed E-state index contributed by atoms with van der Waals surface area (Å²) >= 11 is 0.